The van der Waals surface area contributed by atoms with Crippen molar-refractivity contribution < 1.29 is 18.6 Å². The number of halogens is 1. The van der Waals surface area contributed by atoms with Gasteiger partial charge < -0.3 is 10.2 Å². The summed E-state index contributed by atoms with van der Waals surface area (Å²) in [5, 5.41) is 18.7. The van der Waals surface area contributed by atoms with E-state index in [0.717, 1.165) is 4.31 Å². The minimum absolute atomic E-state index is 0.0734. The van der Waals surface area contributed by atoms with Crippen LogP contribution in [0, 0.1) is 0 Å². The summed E-state index contributed by atoms with van der Waals surface area (Å²) < 4.78 is 26.1. The minimum Gasteiger partial charge on any atom is -0.389 e. The maximum absolute atomic E-state index is 12.2. The molecule has 0 aromatic heterocycles. The number of β-amino-alcohol motifs (C(OH)–C–C–N with tert-alkyl or cyclic N) is 2. The predicted octanol–water partition coefficient (Wildman–Crippen LogP) is 0.175. The van der Waals surface area contributed by atoms with Gasteiger partial charge in [-0.2, -0.15) is 4.31 Å². The molecule has 1 fully saturated rings. The molecule has 0 unspecified atom stereocenters. The molecule has 1 aliphatic heterocycles. The van der Waals surface area contributed by atoms with Crippen LogP contribution in [0.4, 0.5) is 0 Å². The van der Waals surface area contributed by atoms with Crippen LogP contribution in [0.3, 0.4) is 0 Å². The van der Waals surface area contributed by atoms with Crippen molar-refractivity contribution in [3.63, 3.8) is 0 Å². The van der Waals surface area contributed by atoms with Gasteiger partial charge >= 0.3 is 0 Å². The molecule has 1 aliphatic rings. The van der Waals surface area contributed by atoms with Crippen LogP contribution in [0.15, 0.2) is 33.6 Å². The molecule has 2 N–H and O–H groups in total. The number of aliphatic hydroxyl groups excluding tert-OH is 2. The standard InChI is InChI=1S/C10H12BrNO4S/c11-7-2-1-3-8(4-7)17(15,16)12-5-9(13)10(14)6-12/h1-4,9-10,13-14H,5-6H2/t9-,10+. The zero-order valence-corrected chi connectivity index (χ0v) is 11.2. The van der Waals surface area contributed by atoms with Crippen LogP contribution >= 0.6 is 15.9 Å². The lowest BCUT2D eigenvalue weighted by molar-refractivity contribution is 0.0572. The molecule has 94 valence electrons. The monoisotopic (exact) mass is 321 g/mol. The van der Waals surface area contributed by atoms with Gasteiger partial charge in [0.25, 0.3) is 0 Å². The molecule has 2 atom stereocenters. The number of sulfonamides is 1. The zero-order chi connectivity index (χ0) is 12.6. The molecule has 0 amide bonds. The van der Waals surface area contributed by atoms with Gasteiger partial charge in [-0.3, -0.25) is 0 Å². The minimum atomic E-state index is -3.64. The summed E-state index contributed by atoms with van der Waals surface area (Å²) in [6.45, 7) is -0.147. The Morgan fingerprint density at radius 1 is 1.24 bits per heavy atom. The molecule has 1 heterocycles. The van der Waals surface area contributed by atoms with Gasteiger partial charge in [-0.1, -0.05) is 22.0 Å². The summed E-state index contributed by atoms with van der Waals surface area (Å²) >= 11 is 3.21. The Morgan fingerprint density at radius 2 is 1.82 bits per heavy atom. The van der Waals surface area contributed by atoms with Gasteiger partial charge in [0.1, 0.15) is 0 Å². The van der Waals surface area contributed by atoms with E-state index in [4.69, 9.17) is 0 Å². The Morgan fingerprint density at radius 3 is 2.35 bits per heavy atom. The molecule has 0 radical (unpaired) electrons. The molecule has 0 bridgehead atoms. The van der Waals surface area contributed by atoms with E-state index in [1.807, 2.05) is 0 Å². The third kappa shape index (κ3) is 2.53. The van der Waals surface area contributed by atoms with Crippen molar-refractivity contribution in [3.8, 4) is 0 Å². The summed E-state index contributed by atoms with van der Waals surface area (Å²) in [5.41, 5.74) is 0. The highest BCUT2D eigenvalue weighted by molar-refractivity contribution is 9.10. The van der Waals surface area contributed by atoms with Crippen LogP contribution in [0.5, 0.6) is 0 Å². The summed E-state index contributed by atoms with van der Waals surface area (Å²) in [6.07, 6.45) is -2.03. The van der Waals surface area contributed by atoms with E-state index < -0.39 is 22.2 Å². The van der Waals surface area contributed by atoms with Crippen LogP contribution in [-0.4, -0.2) is 48.2 Å². The van der Waals surface area contributed by atoms with Crippen molar-refractivity contribution in [2.45, 2.75) is 17.1 Å². The normalized spacial score (nSPS) is 26.3. The fourth-order valence-corrected chi connectivity index (χ4v) is 3.78. The molecule has 2 rings (SSSR count). The van der Waals surface area contributed by atoms with E-state index in [9.17, 15) is 18.6 Å². The molecule has 0 aliphatic carbocycles. The predicted molar refractivity (Wildman–Crippen MR) is 64.9 cm³/mol. The maximum Gasteiger partial charge on any atom is 0.243 e. The van der Waals surface area contributed by atoms with Gasteiger partial charge in [0, 0.05) is 17.6 Å². The second-order valence-corrected chi connectivity index (χ2v) is 6.77. The molecule has 7 heteroatoms. The molecule has 5 nitrogen and oxygen atoms in total. The van der Waals surface area contributed by atoms with E-state index in [-0.39, 0.29) is 18.0 Å². The van der Waals surface area contributed by atoms with Crippen molar-refractivity contribution in [1.82, 2.24) is 4.31 Å². The fraction of sp³-hybridized carbons (Fsp3) is 0.400. The second kappa shape index (κ2) is 4.66. The largest absolute Gasteiger partial charge is 0.389 e. The highest BCUT2D eigenvalue weighted by Gasteiger charge is 2.37. The summed E-state index contributed by atoms with van der Waals surface area (Å²) in [4.78, 5) is 0.146. The average molecular weight is 322 g/mol. The summed E-state index contributed by atoms with van der Waals surface area (Å²) in [5.74, 6) is 0. The average Bonchev–Trinajstić information content (AvgIpc) is 2.60. The first-order chi connectivity index (χ1) is 7.91. The molecular weight excluding hydrogens is 310 g/mol. The number of hydrogen-bond donors (Lipinski definition) is 2. The molecule has 1 aromatic carbocycles. The van der Waals surface area contributed by atoms with Crippen LogP contribution in [0.1, 0.15) is 0 Å². The van der Waals surface area contributed by atoms with Crippen molar-refractivity contribution >= 4 is 26.0 Å². The Hall–Kier alpha value is -0.470. The fourth-order valence-electron chi connectivity index (χ4n) is 1.71. The van der Waals surface area contributed by atoms with Crippen LogP contribution in [0.2, 0.25) is 0 Å². The van der Waals surface area contributed by atoms with E-state index >= 15 is 0 Å². The van der Waals surface area contributed by atoms with Crippen LogP contribution < -0.4 is 0 Å². The van der Waals surface area contributed by atoms with Gasteiger partial charge in [-0.05, 0) is 18.2 Å². The van der Waals surface area contributed by atoms with E-state index in [2.05, 4.69) is 15.9 Å². The SMILES string of the molecule is O=S(=O)(c1cccc(Br)c1)N1C[C@@H](O)[C@@H](O)C1. The Labute approximate surface area is 108 Å². The molecule has 17 heavy (non-hydrogen) atoms. The van der Waals surface area contributed by atoms with Crippen LogP contribution in [0.25, 0.3) is 0 Å². The van der Waals surface area contributed by atoms with Gasteiger partial charge in [-0.25, -0.2) is 8.42 Å². The number of benzene rings is 1. The smallest absolute Gasteiger partial charge is 0.243 e. The van der Waals surface area contributed by atoms with Crippen molar-refractivity contribution in [2.75, 3.05) is 13.1 Å². The quantitative estimate of drug-likeness (QED) is 0.814. The Bertz CT molecular complexity index is 509. The van der Waals surface area contributed by atoms with Crippen LogP contribution in [-0.2, 0) is 10.0 Å². The van der Waals surface area contributed by atoms with Gasteiger partial charge in [0.15, 0.2) is 0 Å². The number of nitrogens with zero attached hydrogens (tertiary/aromatic N) is 1. The molecule has 0 spiro atoms. The summed E-state index contributed by atoms with van der Waals surface area (Å²) in [6, 6.07) is 6.33. The third-order valence-corrected chi connectivity index (χ3v) is 4.98. The highest BCUT2D eigenvalue weighted by atomic mass is 79.9. The summed E-state index contributed by atoms with van der Waals surface area (Å²) in [7, 11) is -3.64. The van der Waals surface area contributed by atoms with E-state index in [1.54, 1.807) is 12.1 Å². The zero-order valence-electron chi connectivity index (χ0n) is 8.82. The molecule has 1 saturated heterocycles. The number of hydrogen-bond acceptors (Lipinski definition) is 4. The first-order valence-electron chi connectivity index (χ1n) is 5.03. The van der Waals surface area contributed by atoms with E-state index in [1.165, 1.54) is 12.1 Å². The highest BCUT2D eigenvalue weighted by Crippen LogP contribution is 2.23. The topological polar surface area (TPSA) is 77.8 Å². The van der Waals surface area contributed by atoms with E-state index in [0.29, 0.717) is 4.47 Å². The maximum atomic E-state index is 12.2. The molecular formula is C10H12BrNO4S. The first-order valence-corrected chi connectivity index (χ1v) is 7.26. The Balaban J connectivity index is 2.32. The Kier molecular flexibility index (Phi) is 3.55. The van der Waals surface area contributed by atoms with Gasteiger partial charge in [0.2, 0.25) is 10.0 Å². The lowest BCUT2D eigenvalue weighted by Crippen LogP contribution is -2.29. The molecule has 1 aromatic rings. The first kappa shape index (κ1) is 13.0. The second-order valence-electron chi connectivity index (χ2n) is 3.91. The van der Waals surface area contributed by atoms with Crippen molar-refractivity contribution in [2.24, 2.45) is 0 Å². The number of rotatable bonds is 2. The van der Waals surface area contributed by atoms with Crippen molar-refractivity contribution in [1.29, 1.82) is 0 Å². The molecule has 0 saturated carbocycles. The number of aliphatic hydroxyl groups is 2. The van der Waals surface area contributed by atoms with Gasteiger partial charge in [-0.15, -0.1) is 0 Å². The lowest BCUT2D eigenvalue weighted by Gasteiger charge is -2.15. The van der Waals surface area contributed by atoms with Gasteiger partial charge in [0.05, 0.1) is 17.1 Å². The third-order valence-electron chi connectivity index (χ3n) is 2.66. The lowest BCUT2D eigenvalue weighted by atomic mass is 10.3. The van der Waals surface area contributed by atoms with Crippen molar-refractivity contribution in [3.05, 3.63) is 28.7 Å².